The first kappa shape index (κ1) is 16.7. The fourth-order valence-corrected chi connectivity index (χ4v) is 1.87. The van der Waals surface area contributed by atoms with Gasteiger partial charge in [0.05, 0.1) is 0 Å². The zero-order valence-corrected chi connectivity index (χ0v) is 13.4. The van der Waals surface area contributed by atoms with Crippen molar-refractivity contribution in [1.29, 1.82) is 0 Å². The van der Waals surface area contributed by atoms with Gasteiger partial charge in [-0.15, -0.1) is 0 Å². The van der Waals surface area contributed by atoms with Crippen LogP contribution in [0.1, 0.15) is 46.4 Å². The highest BCUT2D eigenvalue weighted by Crippen LogP contribution is 2.18. The highest BCUT2D eigenvalue weighted by atomic mass is 16.5. The Morgan fingerprint density at radius 1 is 1.20 bits per heavy atom. The lowest BCUT2D eigenvalue weighted by molar-refractivity contribution is 0.217. The number of anilines is 1. The first-order valence-electron chi connectivity index (χ1n) is 7.58. The summed E-state index contributed by atoms with van der Waals surface area (Å²) in [5.74, 6) is 2.61. The molecule has 0 bridgehead atoms. The van der Waals surface area contributed by atoms with Gasteiger partial charge < -0.3 is 15.0 Å². The van der Waals surface area contributed by atoms with Crippen molar-refractivity contribution in [2.75, 3.05) is 38.1 Å². The summed E-state index contributed by atoms with van der Waals surface area (Å²) in [7, 11) is 0. The van der Waals surface area contributed by atoms with Gasteiger partial charge in [-0.05, 0) is 20.0 Å². The quantitative estimate of drug-likeness (QED) is 0.754. The molecule has 0 saturated heterocycles. The third-order valence-electron chi connectivity index (χ3n) is 3.15. The number of likely N-dealkylation sites (N-methyl/N-ethyl adjacent to an activating group) is 1. The van der Waals surface area contributed by atoms with Crippen LogP contribution in [0.3, 0.4) is 0 Å². The zero-order valence-electron chi connectivity index (χ0n) is 13.4. The fraction of sp³-hybridized carbons (Fsp3) is 0.733. The minimum atomic E-state index is 0.290. The van der Waals surface area contributed by atoms with E-state index in [9.17, 15) is 0 Å². The van der Waals surface area contributed by atoms with Crippen LogP contribution in [0.15, 0.2) is 6.07 Å². The SMILES string of the molecule is CCNc1cc(OCCN(CC)CC)nc(C(C)C)n1. The Balaban J connectivity index is 2.68. The highest BCUT2D eigenvalue weighted by Gasteiger charge is 2.09. The number of rotatable bonds is 9. The molecule has 5 nitrogen and oxygen atoms in total. The van der Waals surface area contributed by atoms with Crippen molar-refractivity contribution in [3.05, 3.63) is 11.9 Å². The van der Waals surface area contributed by atoms with Gasteiger partial charge in [0.1, 0.15) is 18.2 Å². The van der Waals surface area contributed by atoms with E-state index >= 15 is 0 Å². The second kappa shape index (κ2) is 8.74. The molecule has 114 valence electrons. The summed E-state index contributed by atoms with van der Waals surface area (Å²) in [5, 5.41) is 3.22. The zero-order chi connectivity index (χ0) is 15.0. The average Bonchev–Trinajstić information content (AvgIpc) is 2.44. The van der Waals surface area contributed by atoms with Gasteiger partial charge in [0, 0.05) is 25.1 Å². The van der Waals surface area contributed by atoms with E-state index in [4.69, 9.17) is 4.74 Å². The molecule has 1 aromatic heterocycles. The molecular formula is C15H28N4O. The van der Waals surface area contributed by atoms with E-state index < -0.39 is 0 Å². The van der Waals surface area contributed by atoms with Crippen LogP contribution in [0.2, 0.25) is 0 Å². The van der Waals surface area contributed by atoms with Crippen LogP contribution in [0.4, 0.5) is 5.82 Å². The van der Waals surface area contributed by atoms with E-state index in [1.807, 2.05) is 6.07 Å². The molecule has 0 fully saturated rings. The molecule has 1 heterocycles. The highest BCUT2D eigenvalue weighted by molar-refractivity contribution is 5.38. The Kier molecular flexibility index (Phi) is 7.30. The lowest BCUT2D eigenvalue weighted by atomic mass is 10.2. The first-order valence-corrected chi connectivity index (χ1v) is 7.58. The number of aromatic nitrogens is 2. The molecule has 1 rings (SSSR count). The van der Waals surface area contributed by atoms with Crippen molar-refractivity contribution in [1.82, 2.24) is 14.9 Å². The molecule has 1 N–H and O–H groups in total. The van der Waals surface area contributed by atoms with Crippen LogP contribution in [0.25, 0.3) is 0 Å². The van der Waals surface area contributed by atoms with Crippen LogP contribution in [-0.2, 0) is 0 Å². The normalized spacial score (nSPS) is 11.2. The topological polar surface area (TPSA) is 50.3 Å². The number of nitrogens with one attached hydrogen (secondary N) is 1. The summed E-state index contributed by atoms with van der Waals surface area (Å²) < 4.78 is 5.79. The molecule has 1 aromatic rings. The first-order chi connectivity index (χ1) is 9.60. The minimum Gasteiger partial charge on any atom is -0.476 e. The van der Waals surface area contributed by atoms with Gasteiger partial charge in [0.25, 0.3) is 0 Å². The Bertz CT molecular complexity index is 391. The van der Waals surface area contributed by atoms with E-state index in [0.717, 1.165) is 37.8 Å². The van der Waals surface area contributed by atoms with E-state index in [1.165, 1.54) is 0 Å². The van der Waals surface area contributed by atoms with Gasteiger partial charge in [-0.2, -0.15) is 4.98 Å². The van der Waals surface area contributed by atoms with Crippen LogP contribution < -0.4 is 10.1 Å². The van der Waals surface area contributed by atoms with E-state index in [0.29, 0.717) is 18.4 Å². The fourth-order valence-electron chi connectivity index (χ4n) is 1.87. The second-order valence-electron chi connectivity index (χ2n) is 5.01. The van der Waals surface area contributed by atoms with Crippen molar-refractivity contribution >= 4 is 5.82 Å². The van der Waals surface area contributed by atoms with E-state index in [1.54, 1.807) is 0 Å². The summed E-state index contributed by atoms with van der Waals surface area (Å²) in [6.45, 7) is 15.1. The Morgan fingerprint density at radius 3 is 2.45 bits per heavy atom. The van der Waals surface area contributed by atoms with E-state index in [-0.39, 0.29) is 0 Å². The van der Waals surface area contributed by atoms with Gasteiger partial charge in [-0.1, -0.05) is 27.7 Å². The summed E-state index contributed by atoms with van der Waals surface area (Å²) in [4.78, 5) is 11.3. The Hall–Kier alpha value is -1.36. The van der Waals surface area contributed by atoms with Crippen molar-refractivity contribution in [3.63, 3.8) is 0 Å². The number of hydrogen-bond donors (Lipinski definition) is 1. The van der Waals surface area contributed by atoms with Crippen molar-refractivity contribution in [2.24, 2.45) is 0 Å². The largest absolute Gasteiger partial charge is 0.476 e. The molecule has 0 aromatic carbocycles. The van der Waals surface area contributed by atoms with Crippen LogP contribution in [0.5, 0.6) is 5.88 Å². The van der Waals surface area contributed by atoms with Gasteiger partial charge >= 0.3 is 0 Å². The predicted molar refractivity (Wildman–Crippen MR) is 83.6 cm³/mol. The van der Waals surface area contributed by atoms with Crippen molar-refractivity contribution < 1.29 is 4.74 Å². The average molecular weight is 280 g/mol. The summed E-state index contributed by atoms with van der Waals surface area (Å²) >= 11 is 0. The molecule has 0 aliphatic rings. The van der Waals surface area contributed by atoms with Gasteiger partial charge in [0.2, 0.25) is 5.88 Å². The molecule has 0 spiro atoms. The maximum absolute atomic E-state index is 5.79. The van der Waals surface area contributed by atoms with Gasteiger partial charge in [-0.25, -0.2) is 4.98 Å². The summed E-state index contributed by atoms with van der Waals surface area (Å²) in [6, 6.07) is 1.87. The molecule has 0 aliphatic carbocycles. The number of hydrogen-bond acceptors (Lipinski definition) is 5. The van der Waals surface area contributed by atoms with Crippen molar-refractivity contribution in [2.45, 2.75) is 40.5 Å². The predicted octanol–water partition coefficient (Wildman–Crippen LogP) is 2.75. The van der Waals surface area contributed by atoms with Crippen LogP contribution in [-0.4, -0.2) is 47.7 Å². The molecule has 0 saturated carbocycles. The summed E-state index contributed by atoms with van der Waals surface area (Å²) in [6.07, 6.45) is 0. The summed E-state index contributed by atoms with van der Waals surface area (Å²) in [5.41, 5.74) is 0. The van der Waals surface area contributed by atoms with Gasteiger partial charge in [-0.3, -0.25) is 0 Å². The smallest absolute Gasteiger partial charge is 0.218 e. The second-order valence-corrected chi connectivity index (χ2v) is 5.01. The monoisotopic (exact) mass is 280 g/mol. The molecule has 0 amide bonds. The Morgan fingerprint density at radius 2 is 1.90 bits per heavy atom. The third-order valence-corrected chi connectivity index (χ3v) is 3.15. The van der Waals surface area contributed by atoms with Crippen LogP contribution >= 0.6 is 0 Å². The van der Waals surface area contributed by atoms with Crippen molar-refractivity contribution in [3.8, 4) is 5.88 Å². The molecule has 0 unspecified atom stereocenters. The molecule has 20 heavy (non-hydrogen) atoms. The Labute approximate surface area is 122 Å². The molecule has 5 heteroatoms. The molecular weight excluding hydrogens is 252 g/mol. The minimum absolute atomic E-state index is 0.290. The molecule has 0 atom stereocenters. The number of ether oxygens (including phenoxy) is 1. The molecule has 0 aliphatic heterocycles. The maximum Gasteiger partial charge on any atom is 0.218 e. The standard InChI is InChI=1S/C15H28N4O/c1-6-16-13-11-14(18-15(17-13)12(4)5)20-10-9-19(7-2)8-3/h11-12H,6-10H2,1-5H3,(H,16,17,18). The molecule has 0 radical (unpaired) electrons. The number of nitrogens with zero attached hydrogens (tertiary/aromatic N) is 3. The third kappa shape index (κ3) is 5.33. The van der Waals surface area contributed by atoms with Gasteiger partial charge in [0.15, 0.2) is 0 Å². The maximum atomic E-state index is 5.79. The van der Waals surface area contributed by atoms with Crippen LogP contribution in [0, 0.1) is 0 Å². The van der Waals surface area contributed by atoms with E-state index in [2.05, 4.69) is 54.8 Å². The lowest BCUT2D eigenvalue weighted by Crippen LogP contribution is -2.28. The lowest BCUT2D eigenvalue weighted by Gasteiger charge is -2.18.